The van der Waals surface area contributed by atoms with Gasteiger partial charge >= 0.3 is 0 Å². The van der Waals surface area contributed by atoms with Crippen LogP contribution in [0, 0.1) is 0 Å². The summed E-state index contributed by atoms with van der Waals surface area (Å²) >= 11 is 7.61. The van der Waals surface area contributed by atoms with Gasteiger partial charge in [0.25, 0.3) is 5.56 Å². The van der Waals surface area contributed by atoms with Gasteiger partial charge in [-0.15, -0.1) is 0 Å². The van der Waals surface area contributed by atoms with E-state index in [0.29, 0.717) is 40.0 Å². The van der Waals surface area contributed by atoms with Crippen LogP contribution in [0.2, 0.25) is 5.02 Å². The zero-order valence-corrected chi connectivity index (χ0v) is 18.2. The molecule has 1 saturated heterocycles. The molecule has 0 aliphatic carbocycles. The summed E-state index contributed by atoms with van der Waals surface area (Å²) in [4.78, 5) is 17.9. The van der Waals surface area contributed by atoms with Gasteiger partial charge in [-0.25, -0.2) is 4.98 Å². The molecule has 158 valence electrons. The van der Waals surface area contributed by atoms with Gasteiger partial charge in [-0.05, 0) is 55.3 Å². The third-order valence-electron chi connectivity index (χ3n) is 4.94. The zero-order chi connectivity index (χ0) is 20.9. The van der Waals surface area contributed by atoms with E-state index in [4.69, 9.17) is 30.8 Å². The predicted octanol–water partition coefficient (Wildman–Crippen LogP) is 4.41. The van der Waals surface area contributed by atoms with Gasteiger partial charge < -0.3 is 14.2 Å². The van der Waals surface area contributed by atoms with Crippen LogP contribution in [0.15, 0.2) is 52.4 Å². The summed E-state index contributed by atoms with van der Waals surface area (Å²) in [5.41, 5.74) is 0.542. The molecular formula is C22H23ClN2O4S. The smallest absolute Gasteiger partial charge is 0.262 e. The third kappa shape index (κ3) is 4.91. The number of aromatic nitrogens is 2. The standard InChI is InChI=1S/C22H23ClN2O4S/c1-27-16-5-7-17(8-6-16)29-11-12-30-22-24-20-13-15(23)4-9-19(20)21(26)25(22)14-18-3-2-10-28-18/h4-9,13,18H,2-3,10-12,14H2,1H3/t18-/m1/s1. The first kappa shape index (κ1) is 21.0. The summed E-state index contributed by atoms with van der Waals surface area (Å²) in [6.07, 6.45) is 2.02. The van der Waals surface area contributed by atoms with Crippen molar-refractivity contribution < 1.29 is 14.2 Å². The molecule has 0 radical (unpaired) electrons. The molecule has 0 amide bonds. The minimum atomic E-state index is -0.0641. The summed E-state index contributed by atoms with van der Waals surface area (Å²) < 4.78 is 18.4. The van der Waals surface area contributed by atoms with E-state index >= 15 is 0 Å². The number of rotatable bonds is 8. The van der Waals surface area contributed by atoms with Crippen molar-refractivity contribution in [1.29, 1.82) is 0 Å². The van der Waals surface area contributed by atoms with E-state index in [1.54, 1.807) is 29.9 Å². The molecule has 0 saturated carbocycles. The molecule has 1 aliphatic heterocycles. The molecule has 1 atom stereocenters. The van der Waals surface area contributed by atoms with E-state index in [2.05, 4.69) is 0 Å². The molecule has 6 nitrogen and oxygen atoms in total. The molecule has 2 heterocycles. The number of thioether (sulfide) groups is 1. The lowest BCUT2D eigenvalue weighted by Gasteiger charge is -2.16. The van der Waals surface area contributed by atoms with Crippen molar-refractivity contribution in [2.24, 2.45) is 0 Å². The van der Waals surface area contributed by atoms with Crippen LogP contribution in [0.5, 0.6) is 11.5 Å². The highest BCUT2D eigenvalue weighted by Crippen LogP contribution is 2.23. The maximum absolute atomic E-state index is 13.1. The first-order chi connectivity index (χ1) is 14.6. The van der Waals surface area contributed by atoms with Crippen LogP contribution in [-0.4, -0.2) is 41.7 Å². The molecule has 1 aliphatic rings. The molecule has 0 bridgehead atoms. The van der Waals surface area contributed by atoms with Crippen LogP contribution in [0.3, 0.4) is 0 Å². The highest BCUT2D eigenvalue weighted by Gasteiger charge is 2.20. The van der Waals surface area contributed by atoms with Crippen LogP contribution >= 0.6 is 23.4 Å². The van der Waals surface area contributed by atoms with Crippen molar-refractivity contribution in [1.82, 2.24) is 9.55 Å². The van der Waals surface area contributed by atoms with Crippen molar-refractivity contribution in [3.63, 3.8) is 0 Å². The fourth-order valence-electron chi connectivity index (χ4n) is 3.40. The summed E-state index contributed by atoms with van der Waals surface area (Å²) in [7, 11) is 1.63. The van der Waals surface area contributed by atoms with E-state index in [9.17, 15) is 4.79 Å². The second-order valence-electron chi connectivity index (χ2n) is 6.98. The molecule has 30 heavy (non-hydrogen) atoms. The average molecular weight is 447 g/mol. The van der Waals surface area contributed by atoms with E-state index in [-0.39, 0.29) is 11.7 Å². The van der Waals surface area contributed by atoms with Crippen LogP contribution in [-0.2, 0) is 11.3 Å². The van der Waals surface area contributed by atoms with Gasteiger partial charge in [0, 0.05) is 17.4 Å². The van der Waals surface area contributed by atoms with E-state index in [1.165, 1.54) is 11.8 Å². The molecule has 3 aromatic rings. The Hall–Kier alpha value is -2.22. The highest BCUT2D eigenvalue weighted by atomic mass is 35.5. The Labute approximate surface area is 184 Å². The second kappa shape index (κ2) is 9.73. The molecule has 8 heteroatoms. The Bertz CT molecular complexity index is 1070. The average Bonchev–Trinajstić information content (AvgIpc) is 3.27. The Morgan fingerprint density at radius 2 is 2.03 bits per heavy atom. The molecule has 1 fully saturated rings. The number of nitrogens with zero attached hydrogens (tertiary/aromatic N) is 2. The maximum Gasteiger partial charge on any atom is 0.262 e. The van der Waals surface area contributed by atoms with Gasteiger partial charge in [-0.2, -0.15) is 0 Å². The fraction of sp³-hybridized carbons (Fsp3) is 0.364. The van der Waals surface area contributed by atoms with Crippen LogP contribution in [0.25, 0.3) is 10.9 Å². The molecule has 1 aromatic heterocycles. The lowest BCUT2D eigenvalue weighted by molar-refractivity contribution is 0.0937. The first-order valence-corrected chi connectivity index (χ1v) is 11.2. The van der Waals surface area contributed by atoms with Crippen molar-refractivity contribution in [3.05, 3.63) is 57.8 Å². The minimum absolute atomic E-state index is 0.0455. The molecule has 0 unspecified atom stereocenters. The van der Waals surface area contributed by atoms with Crippen LogP contribution < -0.4 is 15.0 Å². The summed E-state index contributed by atoms with van der Waals surface area (Å²) in [6, 6.07) is 12.6. The van der Waals surface area contributed by atoms with Gasteiger partial charge in [0.15, 0.2) is 5.16 Å². The fourth-order valence-corrected chi connectivity index (χ4v) is 4.39. The summed E-state index contributed by atoms with van der Waals surface area (Å²) in [5, 5.41) is 1.78. The largest absolute Gasteiger partial charge is 0.497 e. The van der Waals surface area contributed by atoms with E-state index in [1.807, 2.05) is 24.3 Å². The Morgan fingerprint density at radius 1 is 1.23 bits per heavy atom. The molecule has 2 aromatic carbocycles. The Kier molecular flexibility index (Phi) is 6.82. The third-order valence-corrected chi connectivity index (χ3v) is 6.11. The van der Waals surface area contributed by atoms with E-state index in [0.717, 1.165) is 30.9 Å². The SMILES string of the molecule is COc1ccc(OCCSc2nc3cc(Cl)ccc3c(=O)n2C[C@H]2CCCO2)cc1. The van der Waals surface area contributed by atoms with Gasteiger partial charge in [-0.1, -0.05) is 23.4 Å². The zero-order valence-electron chi connectivity index (χ0n) is 16.7. The predicted molar refractivity (Wildman–Crippen MR) is 119 cm³/mol. The lowest BCUT2D eigenvalue weighted by Crippen LogP contribution is -2.29. The minimum Gasteiger partial charge on any atom is -0.497 e. The quantitative estimate of drug-likeness (QED) is 0.290. The van der Waals surface area contributed by atoms with Crippen LogP contribution in [0.1, 0.15) is 12.8 Å². The molecular weight excluding hydrogens is 424 g/mol. The Balaban J connectivity index is 1.50. The van der Waals surface area contributed by atoms with Crippen molar-refractivity contribution in [3.8, 4) is 11.5 Å². The first-order valence-electron chi connectivity index (χ1n) is 9.85. The van der Waals surface area contributed by atoms with Crippen molar-refractivity contribution in [2.45, 2.75) is 30.6 Å². The summed E-state index contributed by atoms with van der Waals surface area (Å²) in [6.45, 7) is 1.74. The lowest BCUT2D eigenvalue weighted by atomic mass is 10.2. The van der Waals surface area contributed by atoms with Gasteiger partial charge in [0.2, 0.25) is 0 Å². The van der Waals surface area contributed by atoms with Crippen molar-refractivity contribution >= 4 is 34.3 Å². The monoisotopic (exact) mass is 446 g/mol. The van der Waals surface area contributed by atoms with Gasteiger partial charge in [0.05, 0.1) is 37.3 Å². The normalized spacial score (nSPS) is 16.1. The maximum atomic E-state index is 13.1. The topological polar surface area (TPSA) is 62.6 Å². The highest BCUT2D eigenvalue weighted by molar-refractivity contribution is 7.99. The molecule has 4 rings (SSSR count). The van der Waals surface area contributed by atoms with Crippen LogP contribution in [0.4, 0.5) is 0 Å². The number of hydrogen-bond donors (Lipinski definition) is 0. The molecule has 0 N–H and O–H groups in total. The number of methoxy groups -OCH3 is 1. The van der Waals surface area contributed by atoms with Gasteiger partial charge in [0.1, 0.15) is 11.5 Å². The number of hydrogen-bond acceptors (Lipinski definition) is 6. The van der Waals surface area contributed by atoms with Gasteiger partial charge in [-0.3, -0.25) is 9.36 Å². The number of ether oxygens (including phenoxy) is 3. The van der Waals surface area contributed by atoms with Crippen molar-refractivity contribution in [2.75, 3.05) is 26.1 Å². The number of benzene rings is 2. The summed E-state index contributed by atoms with van der Waals surface area (Å²) in [5.74, 6) is 2.20. The van der Waals surface area contributed by atoms with E-state index < -0.39 is 0 Å². The molecule has 0 spiro atoms. The second-order valence-corrected chi connectivity index (χ2v) is 8.48. The number of fused-ring (bicyclic) bond motifs is 1. The Morgan fingerprint density at radius 3 is 2.77 bits per heavy atom. The number of halogens is 1.